The van der Waals surface area contributed by atoms with Gasteiger partial charge in [-0.05, 0) is 12.1 Å². The molecule has 1 aromatic heterocycles. The molecule has 0 spiro atoms. The van der Waals surface area contributed by atoms with Crippen molar-refractivity contribution in [2.45, 2.75) is 6.54 Å². The van der Waals surface area contributed by atoms with Gasteiger partial charge >= 0.3 is 0 Å². The predicted molar refractivity (Wildman–Crippen MR) is 73.7 cm³/mol. The van der Waals surface area contributed by atoms with E-state index in [0.29, 0.717) is 11.3 Å². The van der Waals surface area contributed by atoms with Crippen LogP contribution >= 0.6 is 0 Å². The highest BCUT2D eigenvalue weighted by Gasteiger charge is 2.13. The Morgan fingerprint density at radius 1 is 1.15 bits per heavy atom. The molecule has 0 fully saturated rings. The Kier molecular flexibility index (Phi) is 3.16. The third kappa shape index (κ3) is 2.25. The fourth-order valence-corrected chi connectivity index (χ4v) is 2.04. The van der Waals surface area contributed by atoms with Gasteiger partial charge in [0, 0.05) is 17.5 Å². The second-order valence-electron chi connectivity index (χ2n) is 4.39. The third-order valence-corrected chi connectivity index (χ3v) is 3.08. The summed E-state index contributed by atoms with van der Waals surface area (Å²) in [6, 6.07) is 13.7. The fraction of sp³-hybridized carbons (Fsp3) is 0.0667. The molecule has 0 bridgehead atoms. The number of nitrogens with zero attached hydrogens (tertiary/aromatic N) is 1. The van der Waals surface area contributed by atoms with Crippen LogP contribution in [0.15, 0.2) is 48.5 Å². The Morgan fingerprint density at radius 3 is 2.75 bits per heavy atom. The number of nitrogens with one attached hydrogen (secondary N) is 2. The van der Waals surface area contributed by atoms with Gasteiger partial charge in [0.05, 0.1) is 5.52 Å². The molecule has 2 N–H and O–H groups in total. The molecule has 1 heterocycles. The van der Waals surface area contributed by atoms with Gasteiger partial charge in [0.2, 0.25) is 0 Å². The minimum Gasteiger partial charge on any atom is -0.346 e. The van der Waals surface area contributed by atoms with Crippen LogP contribution in [0.3, 0.4) is 0 Å². The van der Waals surface area contributed by atoms with E-state index >= 15 is 0 Å². The smallest absolute Gasteiger partial charge is 0.272 e. The van der Waals surface area contributed by atoms with E-state index in [0.717, 1.165) is 10.9 Å². The number of hydrogen-bond donors (Lipinski definition) is 2. The summed E-state index contributed by atoms with van der Waals surface area (Å²) in [6.07, 6.45) is 0. The van der Waals surface area contributed by atoms with E-state index in [9.17, 15) is 9.18 Å². The molecule has 0 radical (unpaired) electrons. The van der Waals surface area contributed by atoms with Crippen molar-refractivity contribution < 1.29 is 9.18 Å². The number of amides is 1. The summed E-state index contributed by atoms with van der Waals surface area (Å²) < 4.78 is 13.5. The number of benzene rings is 2. The number of aromatic amines is 1. The minimum absolute atomic E-state index is 0.132. The van der Waals surface area contributed by atoms with Crippen LogP contribution in [-0.4, -0.2) is 16.1 Å². The van der Waals surface area contributed by atoms with Crippen molar-refractivity contribution in [3.63, 3.8) is 0 Å². The minimum atomic E-state index is -0.334. The second-order valence-corrected chi connectivity index (χ2v) is 4.39. The first-order valence-electron chi connectivity index (χ1n) is 6.20. The third-order valence-electron chi connectivity index (χ3n) is 3.08. The standard InChI is InChI=1S/C15H12FN3O/c16-12-7-3-1-5-10(12)9-17-15(20)14-11-6-2-4-8-13(11)18-19-14/h1-8H,9H2,(H,17,20)(H,18,19). The highest BCUT2D eigenvalue weighted by atomic mass is 19.1. The summed E-state index contributed by atoms with van der Waals surface area (Å²) in [6.45, 7) is 0.132. The lowest BCUT2D eigenvalue weighted by atomic mass is 10.2. The van der Waals surface area contributed by atoms with E-state index in [4.69, 9.17) is 0 Å². The van der Waals surface area contributed by atoms with Crippen LogP contribution in [0.1, 0.15) is 16.1 Å². The van der Waals surface area contributed by atoms with Crippen LogP contribution in [0.4, 0.5) is 4.39 Å². The maximum Gasteiger partial charge on any atom is 0.272 e. The number of halogens is 1. The molecular weight excluding hydrogens is 257 g/mol. The number of rotatable bonds is 3. The molecule has 2 aromatic carbocycles. The van der Waals surface area contributed by atoms with Crippen molar-refractivity contribution in [3.8, 4) is 0 Å². The van der Waals surface area contributed by atoms with E-state index < -0.39 is 0 Å². The van der Waals surface area contributed by atoms with Crippen LogP contribution in [0.5, 0.6) is 0 Å². The zero-order valence-electron chi connectivity index (χ0n) is 10.6. The number of aromatic nitrogens is 2. The largest absolute Gasteiger partial charge is 0.346 e. The summed E-state index contributed by atoms with van der Waals surface area (Å²) >= 11 is 0. The van der Waals surface area contributed by atoms with Crippen LogP contribution in [0.25, 0.3) is 10.9 Å². The van der Waals surface area contributed by atoms with E-state index in [1.54, 1.807) is 18.2 Å². The van der Waals surface area contributed by atoms with Crippen molar-refractivity contribution in [2.75, 3.05) is 0 Å². The Hall–Kier alpha value is -2.69. The Labute approximate surface area is 114 Å². The van der Waals surface area contributed by atoms with Crippen molar-refractivity contribution >= 4 is 16.8 Å². The summed E-state index contributed by atoms with van der Waals surface area (Å²) in [5, 5.41) is 10.2. The van der Waals surface area contributed by atoms with Gasteiger partial charge in [-0.1, -0.05) is 36.4 Å². The lowest BCUT2D eigenvalue weighted by Gasteiger charge is -2.04. The van der Waals surface area contributed by atoms with E-state index in [1.807, 2.05) is 24.3 Å². The molecule has 20 heavy (non-hydrogen) atoms. The molecule has 5 heteroatoms. The first-order chi connectivity index (χ1) is 9.75. The lowest BCUT2D eigenvalue weighted by Crippen LogP contribution is -2.23. The molecule has 0 aliphatic carbocycles. The highest BCUT2D eigenvalue weighted by molar-refractivity contribution is 6.04. The Morgan fingerprint density at radius 2 is 1.90 bits per heavy atom. The number of hydrogen-bond acceptors (Lipinski definition) is 2. The Bertz CT molecular complexity index is 766. The zero-order valence-corrected chi connectivity index (χ0v) is 10.6. The summed E-state index contributed by atoms with van der Waals surface area (Å²) in [5.41, 5.74) is 1.56. The van der Waals surface area contributed by atoms with Crippen LogP contribution in [0.2, 0.25) is 0 Å². The van der Waals surface area contributed by atoms with Crippen molar-refractivity contribution in [1.29, 1.82) is 0 Å². The number of fused-ring (bicyclic) bond motifs is 1. The summed E-state index contributed by atoms with van der Waals surface area (Å²) in [4.78, 5) is 12.1. The van der Waals surface area contributed by atoms with E-state index in [2.05, 4.69) is 15.5 Å². The van der Waals surface area contributed by atoms with Crippen molar-refractivity contribution in [2.24, 2.45) is 0 Å². The Balaban J connectivity index is 1.79. The first kappa shape index (κ1) is 12.3. The lowest BCUT2D eigenvalue weighted by molar-refractivity contribution is 0.0947. The number of carbonyl (C=O) groups is 1. The highest BCUT2D eigenvalue weighted by Crippen LogP contribution is 2.15. The van der Waals surface area contributed by atoms with Gasteiger partial charge in [-0.3, -0.25) is 9.89 Å². The number of para-hydroxylation sites is 1. The van der Waals surface area contributed by atoms with Crippen LogP contribution in [0, 0.1) is 5.82 Å². The first-order valence-corrected chi connectivity index (χ1v) is 6.20. The number of H-pyrrole nitrogens is 1. The fourth-order valence-electron chi connectivity index (χ4n) is 2.04. The van der Waals surface area contributed by atoms with Gasteiger partial charge in [-0.15, -0.1) is 0 Å². The van der Waals surface area contributed by atoms with E-state index in [1.165, 1.54) is 6.07 Å². The number of carbonyl (C=O) groups excluding carboxylic acids is 1. The van der Waals surface area contributed by atoms with Gasteiger partial charge in [-0.2, -0.15) is 5.10 Å². The van der Waals surface area contributed by atoms with Gasteiger partial charge < -0.3 is 5.32 Å². The van der Waals surface area contributed by atoms with Crippen molar-refractivity contribution in [1.82, 2.24) is 15.5 Å². The van der Waals surface area contributed by atoms with Crippen molar-refractivity contribution in [3.05, 3.63) is 65.6 Å². The molecule has 0 atom stereocenters. The van der Waals surface area contributed by atoms with E-state index in [-0.39, 0.29) is 18.3 Å². The quantitative estimate of drug-likeness (QED) is 0.768. The normalized spacial score (nSPS) is 10.7. The molecule has 0 saturated heterocycles. The second kappa shape index (κ2) is 5.13. The predicted octanol–water partition coefficient (Wildman–Crippen LogP) is 2.63. The van der Waals surface area contributed by atoms with Crippen LogP contribution < -0.4 is 5.32 Å². The maximum absolute atomic E-state index is 13.5. The molecule has 0 saturated carbocycles. The molecule has 0 aliphatic heterocycles. The molecule has 4 nitrogen and oxygen atoms in total. The SMILES string of the molecule is O=C(NCc1ccccc1F)c1n[nH]c2ccccc12. The topological polar surface area (TPSA) is 57.8 Å². The molecule has 3 aromatic rings. The molecule has 3 rings (SSSR count). The average molecular weight is 269 g/mol. The zero-order chi connectivity index (χ0) is 13.9. The monoisotopic (exact) mass is 269 g/mol. The molecule has 0 aliphatic rings. The summed E-state index contributed by atoms with van der Waals surface area (Å²) in [5.74, 6) is -0.662. The van der Waals surface area contributed by atoms with Gasteiger partial charge in [0.15, 0.2) is 5.69 Å². The van der Waals surface area contributed by atoms with Crippen LogP contribution in [-0.2, 0) is 6.54 Å². The van der Waals surface area contributed by atoms with Gasteiger partial charge in [0.1, 0.15) is 5.82 Å². The van der Waals surface area contributed by atoms with Gasteiger partial charge in [0.25, 0.3) is 5.91 Å². The molecule has 1 amide bonds. The molecular formula is C15H12FN3O. The molecule has 100 valence electrons. The summed E-state index contributed by atoms with van der Waals surface area (Å²) in [7, 11) is 0. The maximum atomic E-state index is 13.5. The average Bonchev–Trinajstić information content (AvgIpc) is 2.90. The molecule has 0 unspecified atom stereocenters. The van der Waals surface area contributed by atoms with Gasteiger partial charge in [-0.25, -0.2) is 4.39 Å².